The average Bonchev–Trinajstić information content (AvgIpc) is 1.53. The van der Waals surface area contributed by atoms with Crippen molar-refractivity contribution in [2.24, 2.45) is 0 Å². The van der Waals surface area contributed by atoms with E-state index in [9.17, 15) is 0 Å². The van der Waals surface area contributed by atoms with Gasteiger partial charge in [-0.25, -0.2) is 0 Å². The quantitative estimate of drug-likeness (QED) is 0.151. The minimum atomic E-state index is -0.0494. The molecule has 86 heavy (non-hydrogen) atoms. The third-order valence-corrected chi connectivity index (χ3v) is 18.6. The van der Waals surface area contributed by atoms with E-state index in [0.29, 0.717) is 0 Å². The molecule has 0 atom stereocenters. The van der Waals surface area contributed by atoms with Gasteiger partial charge >= 0.3 is 0 Å². The summed E-state index contributed by atoms with van der Waals surface area (Å²) < 4.78 is 5.15. The van der Waals surface area contributed by atoms with Crippen LogP contribution < -0.4 is 9.80 Å². The Hall–Kier alpha value is -9.38. The van der Waals surface area contributed by atoms with Crippen LogP contribution >= 0.6 is 0 Å². The fraction of sp³-hybridized carbons (Fsp3) is 0.195. The van der Waals surface area contributed by atoms with Crippen LogP contribution in [0.4, 0.5) is 34.1 Å². The number of nitrogens with zero attached hydrogens (tertiary/aromatic N) is 4. The van der Waals surface area contributed by atoms with Crippen LogP contribution in [0, 0.1) is 0 Å². The van der Waals surface area contributed by atoms with Crippen LogP contribution in [-0.4, -0.2) is 8.80 Å². The van der Waals surface area contributed by atoms with Gasteiger partial charge in [0.25, 0.3) is 0 Å². The van der Waals surface area contributed by atoms with Crippen molar-refractivity contribution in [3.05, 3.63) is 253 Å². The first-order valence-electron chi connectivity index (χ1n) is 30.8. The number of hydrogen-bond donors (Lipinski definition) is 0. The highest BCUT2D eigenvalue weighted by atomic mass is 15.2. The van der Waals surface area contributed by atoms with Gasteiger partial charge in [-0.2, -0.15) is 0 Å². The van der Waals surface area contributed by atoms with Crippen LogP contribution in [0.15, 0.2) is 231 Å². The van der Waals surface area contributed by atoms with Gasteiger partial charge in [-0.05, 0) is 140 Å². The zero-order chi connectivity index (χ0) is 59.3. The Morgan fingerprint density at radius 2 is 0.605 bits per heavy atom. The highest BCUT2D eigenvalue weighted by Crippen LogP contribution is 2.54. The second-order valence-corrected chi connectivity index (χ2v) is 28.3. The first-order valence-corrected chi connectivity index (χ1v) is 30.8. The molecule has 0 radical (unpaired) electrons. The maximum Gasteiger partial charge on any atom is 0.0641 e. The van der Waals surface area contributed by atoms with Crippen LogP contribution in [0.3, 0.4) is 0 Å². The molecule has 0 saturated carbocycles. The van der Waals surface area contributed by atoms with E-state index >= 15 is 0 Å². The number of anilines is 6. The van der Waals surface area contributed by atoms with Crippen LogP contribution in [-0.2, 0) is 21.7 Å². The van der Waals surface area contributed by atoms with Gasteiger partial charge in [0.15, 0.2) is 0 Å². The van der Waals surface area contributed by atoms with Crippen LogP contribution in [0.5, 0.6) is 0 Å². The van der Waals surface area contributed by atoms with Gasteiger partial charge in [0.2, 0.25) is 0 Å². The monoisotopic (exact) mass is 1110 g/mol. The maximum atomic E-state index is 2.57. The molecular formula is C82H74N4. The lowest BCUT2D eigenvalue weighted by molar-refractivity contribution is 0.589. The van der Waals surface area contributed by atoms with Crippen LogP contribution in [0.25, 0.3) is 98.4 Å². The van der Waals surface area contributed by atoms with E-state index in [1.165, 1.54) is 121 Å². The van der Waals surface area contributed by atoms with E-state index < -0.39 is 0 Å². The minimum absolute atomic E-state index is 0.00986. The number of fused-ring (bicyclic) bond motifs is 12. The molecule has 0 aliphatic heterocycles. The van der Waals surface area contributed by atoms with E-state index in [1.54, 1.807) is 0 Å². The van der Waals surface area contributed by atoms with E-state index in [0.717, 1.165) is 34.1 Å². The second-order valence-electron chi connectivity index (χ2n) is 28.3. The van der Waals surface area contributed by atoms with Crippen molar-refractivity contribution in [2.75, 3.05) is 9.80 Å². The van der Waals surface area contributed by atoms with Crippen molar-refractivity contribution in [2.45, 2.75) is 105 Å². The summed E-state index contributed by atoms with van der Waals surface area (Å²) in [5.41, 5.74) is 24.1. The third-order valence-electron chi connectivity index (χ3n) is 18.6. The van der Waals surface area contributed by atoms with Crippen molar-refractivity contribution < 1.29 is 0 Å². The molecule has 0 spiro atoms. The Morgan fingerprint density at radius 1 is 0.256 bits per heavy atom. The molecular weight excluding hydrogens is 1040 g/mol. The van der Waals surface area contributed by atoms with Crippen LogP contribution in [0.2, 0.25) is 0 Å². The number of rotatable bonds is 8. The molecule has 4 aromatic heterocycles. The molecule has 4 heteroatoms. The number of aromatic nitrogens is 2. The van der Waals surface area contributed by atoms with Gasteiger partial charge in [0.05, 0.1) is 55.8 Å². The van der Waals surface area contributed by atoms with Crippen molar-refractivity contribution in [3.8, 4) is 22.3 Å². The fourth-order valence-corrected chi connectivity index (χ4v) is 14.0. The lowest BCUT2D eigenvalue weighted by atomic mass is 9.82. The smallest absolute Gasteiger partial charge is 0.0641 e. The van der Waals surface area contributed by atoms with Gasteiger partial charge in [-0.3, -0.25) is 0 Å². The van der Waals surface area contributed by atoms with E-state index in [-0.39, 0.29) is 21.7 Å². The first kappa shape index (κ1) is 53.4. The van der Waals surface area contributed by atoms with E-state index in [1.807, 2.05) is 0 Å². The fourth-order valence-electron chi connectivity index (χ4n) is 14.0. The molecule has 0 amide bonds. The molecule has 0 aliphatic carbocycles. The van der Waals surface area contributed by atoms with Crippen molar-refractivity contribution in [1.29, 1.82) is 0 Å². The largest absolute Gasteiger partial charge is 0.309 e. The van der Waals surface area contributed by atoms with Gasteiger partial charge in [0.1, 0.15) is 0 Å². The molecule has 15 aromatic rings. The lowest BCUT2D eigenvalue weighted by Crippen LogP contribution is -2.15. The topological polar surface area (TPSA) is 15.3 Å². The predicted molar refractivity (Wildman–Crippen MR) is 371 cm³/mol. The summed E-state index contributed by atoms with van der Waals surface area (Å²) in [6.45, 7) is 27.8. The van der Waals surface area contributed by atoms with Crippen molar-refractivity contribution >= 4 is 110 Å². The Labute approximate surface area is 505 Å². The van der Waals surface area contributed by atoms with Gasteiger partial charge < -0.3 is 18.6 Å². The summed E-state index contributed by atoms with van der Waals surface area (Å²) >= 11 is 0. The average molecular weight is 1120 g/mol. The zero-order valence-electron chi connectivity index (χ0n) is 51.7. The van der Waals surface area contributed by atoms with Gasteiger partial charge in [-0.15, -0.1) is 0 Å². The zero-order valence-corrected chi connectivity index (χ0v) is 51.7. The first-order chi connectivity index (χ1) is 41.2. The molecule has 0 aliphatic rings. The molecule has 0 N–H and O–H groups in total. The summed E-state index contributed by atoms with van der Waals surface area (Å²) in [6, 6.07) is 87.6. The standard InChI is InChI=1S/C82H74N4/c1-79(2,3)53-27-23-25-51(45-53)63-47-55(81(7,8)9)37-41-69(63)83(57-29-15-13-16-30-57)71-43-39-59-65-49-74-66(50-73(65)85-67-35-21-19-33-61(67)75(71)77(59)85)60-40-44-72(76-62-34-20-22-36-68(62)86(74)78(60)76)84(58-31-17-14-18-32-58)70-42-38-56(82(10,11)12)48-64(70)52-26-24-28-54(46-52)80(4,5)6/h13-50H,1-12H3. The molecule has 0 bridgehead atoms. The second kappa shape index (κ2) is 19.1. The van der Waals surface area contributed by atoms with Gasteiger partial charge in [-0.1, -0.05) is 229 Å². The van der Waals surface area contributed by atoms with Gasteiger partial charge in [0, 0.05) is 65.6 Å². The lowest BCUT2D eigenvalue weighted by Gasteiger charge is -2.31. The van der Waals surface area contributed by atoms with Crippen molar-refractivity contribution in [1.82, 2.24) is 8.80 Å². The summed E-state index contributed by atoms with van der Waals surface area (Å²) in [5.74, 6) is 0. The van der Waals surface area contributed by atoms with Crippen LogP contribution in [0.1, 0.15) is 105 Å². The maximum absolute atomic E-state index is 2.57. The highest BCUT2D eigenvalue weighted by molar-refractivity contribution is 6.32. The molecule has 0 saturated heterocycles. The normalized spacial score (nSPS) is 12.9. The predicted octanol–water partition coefficient (Wildman–Crippen LogP) is 23.5. The Balaban J connectivity index is 0.989. The Bertz CT molecular complexity index is 4820. The SMILES string of the molecule is CC(C)(C)c1cccc(-c2cc(C(C)(C)C)ccc2N(c2ccccc2)c2ccc3c4cc5c(cc4n4c6ccccc6c2c34)c2ccc(N(c3ccccc3)c3ccc(C(C)(C)C)cc3-c3cccc(C(C)(C)C)c3)c3c4ccccc4n5c23)c1. The summed E-state index contributed by atoms with van der Waals surface area (Å²) in [7, 11) is 0. The molecule has 4 nitrogen and oxygen atoms in total. The summed E-state index contributed by atoms with van der Waals surface area (Å²) in [5, 5.41) is 9.93. The minimum Gasteiger partial charge on any atom is -0.309 e. The number of hydrogen-bond acceptors (Lipinski definition) is 2. The Morgan fingerprint density at radius 3 is 0.988 bits per heavy atom. The van der Waals surface area contributed by atoms with Crippen molar-refractivity contribution in [3.63, 3.8) is 0 Å². The van der Waals surface area contributed by atoms with E-state index in [4.69, 9.17) is 0 Å². The number of para-hydroxylation sites is 4. The molecule has 11 aromatic carbocycles. The molecule has 4 heterocycles. The highest BCUT2D eigenvalue weighted by Gasteiger charge is 2.31. The third kappa shape index (κ3) is 8.31. The number of benzene rings is 11. The molecule has 0 fully saturated rings. The molecule has 15 rings (SSSR count). The summed E-state index contributed by atoms with van der Waals surface area (Å²) in [4.78, 5) is 5.06. The molecule has 0 unspecified atom stereocenters. The Kier molecular flexibility index (Phi) is 11.8. The summed E-state index contributed by atoms with van der Waals surface area (Å²) in [6.07, 6.45) is 0. The molecule has 422 valence electrons. The van der Waals surface area contributed by atoms with E-state index in [2.05, 4.69) is 332 Å².